The molecular weight excluding hydrogens is 737 g/mol. The van der Waals surface area contributed by atoms with Gasteiger partial charge >= 0.3 is 11.9 Å². The number of ether oxygens (including phenoxy) is 2. The third kappa shape index (κ3) is 9.25. The van der Waals surface area contributed by atoms with Gasteiger partial charge in [-0.05, 0) is 112 Å². The van der Waals surface area contributed by atoms with Crippen LogP contribution in [0.2, 0.25) is 0 Å². The highest BCUT2D eigenvalue weighted by Crippen LogP contribution is 2.52. The van der Waals surface area contributed by atoms with Gasteiger partial charge in [0.05, 0.1) is 18.9 Å². The molecule has 3 aromatic rings. The van der Waals surface area contributed by atoms with Gasteiger partial charge in [0.15, 0.2) is 0 Å². The summed E-state index contributed by atoms with van der Waals surface area (Å²) in [6.07, 6.45) is 14.5. The number of hydrogen-bond acceptors (Lipinski definition) is 6. The maximum Gasteiger partial charge on any atom is 0.316 e. The zero-order valence-electron chi connectivity index (χ0n) is 37.9. The van der Waals surface area contributed by atoms with Crippen molar-refractivity contribution in [3.05, 3.63) is 90.6 Å². The molecule has 9 heteroatoms. The van der Waals surface area contributed by atoms with Gasteiger partial charge in [-0.2, -0.15) is 0 Å². The maximum atomic E-state index is 13.7. The fourth-order valence-corrected chi connectivity index (χ4v) is 10.3. The molecule has 8 bridgehead atoms. The van der Waals surface area contributed by atoms with Crippen molar-refractivity contribution >= 4 is 23.6 Å². The number of carbonyl (C=O) groups excluding carboxylic acids is 2. The Hall–Kier alpha value is -4.24. The minimum absolute atomic E-state index is 0.0120. The number of fused-ring (bicyclic) bond motifs is 7. The molecule has 0 radical (unpaired) electrons. The van der Waals surface area contributed by atoms with E-state index in [9.17, 15) is 14.7 Å². The van der Waals surface area contributed by atoms with Gasteiger partial charge in [-0.3, -0.25) is 9.59 Å². The second-order valence-electron chi connectivity index (χ2n) is 18.4. The molecule has 3 aliphatic rings. The predicted octanol–water partition coefficient (Wildman–Crippen LogP) is 10.6. The Balaban J connectivity index is 1.30. The number of allylic oxidation sites excluding steroid dienone is 3. The average molecular weight is 809 g/mol. The monoisotopic (exact) mass is 809 g/mol. The van der Waals surface area contributed by atoms with E-state index in [0.29, 0.717) is 12.8 Å². The molecule has 0 spiro atoms. The van der Waals surface area contributed by atoms with Crippen LogP contribution in [0.4, 0.5) is 0 Å². The van der Waals surface area contributed by atoms with Crippen LogP contribution in [0.15, 0.2) is 23.0 Å². The van der Waals surface area contributed by atoms with Crippen LogP contribution in [0.3, 0.4) is 0 Å². The highest BCUT2D eigenvalue weighted by Gasteiger charge is 2.48. The SMILES string of the molecule is CCc1c2[nH]c(c1C)/C=C1\N/C(=C3\c4[nH]c(c(C)c4[C@@H](O)[C@@H]3C(=O)OC)Cc3[nH]c(c(C)c3CC)C2)[C@@H](CCC(=O)OC/C=C(\C)CCC[C@@H](C)CCCC(C)C)[C@@H]1C. The molecule has 59 heavy (non-hydrogen) atoms. The van der Waals surface area contributed by atoms with Crippen LogP contribution >= 0.6 is 0 Å². The first-order valence-electron chi connectivity index (χ1n) is 22.6. The zero-order valence-corrected chi connectivity index (χ0v) is 37.9. The third-order valence-corrected chi connectivity index (χ3v) is 14.0. The summed E-state index contributed by atoms with van der Waals surface area (Å²) < 4.78 is 11.2. The van der Waals surface area contributed by atoms with Crippen molar-refractivity contribution in [2.24, 2.45) is 29.6 Å². The van der Waals surface area contributed by atoms with Gasteiger partial charge in [-0.15, -0.1) is 0 Å². The Morgan fingerprint density at radius 2 is 1.54 bits per heavy atom. The molecule has 1 fully saturated rings. The fourth-order valence-electron chi connectivity index (χ4n) is 10.3. The van der Waals surface area contributed by atoms with E-state index >= 15 is 0 Å². The first-order chi connectivity index (χ1) is 28.2. The molecule has 5 heterocycles. The van der Waals surface area contributed by atoms with Crippen LogP contribution < -0.4 is 5.32 Å². The Kier molecular flexibility index (Phi) is 14.3. The van der Waals surface area contributed by atoms with Crippen LogP contribution in [0.5, 0.6) is 0 Å². The Labute approximate surface area is 353 Å². The summed E-state index contributed by atoms with van der Waals surface area (Å²) in [4.78, 5) is 38.4. The van der Waals surface area contributed by atoms with Crippen molar-refractivity contribution in [2.45, 2.75) is 152 Å². The molecule has 0 amide bonds. The number of carbonyl (C=O) groups is 2. The lowest BCUT2D eigenvalue weighted by molar-refractivity contribution is -0.146. The molecule has 0 saturated carbocycles. The van der Waals surface area contributed by atoms with Crippen molar-refractivity contribution in [1.29, 1.82) is 0 Å². The quantitative estimate of drug-likeness (QED) is 0.0723. The highest BCUT2D eigenvalue weighted by atomic mass is 16.5. The van der Waals surface area contributed by atoms with Gasteiger partial charge in [0.2, 0.25) is 0 Å². The van der Waals surface area contributed by atoms with Gasteiger partial charge in [0.1, 0.15) is 12.5 Å². The van der Waals surface area contributed by atoms with E-state index in [1.54, 1.807) is 0 Å². The van der Waals surface area contributed by atoms with Crippen molar-refractivity contribution < 1.29 is 24.2 Å². The van der Waals surface area contributed by atoms with E-state index in [2.05, 4.69) is 94.7 Å². The standard InChI is InChI=1S/C50H72N4O5/c1-12-34-30(7)37-24-39-32(9)36(20-21-43(55)59-23-22-29(6)19-15-18-28(5)17-14-16-27(3)4)47(53-39)45-46(50(57)58-11)49(56)44-33(10)40(54-48(44)45)26-42-35(13-2)31(8)38(52-42)25-41(34)51-37/h22,24,27-28,32,36,46,49,51-54,56H,12-21,23,25-26H2,1-11H3/b29-22+,39-24-,47-45-/t28-,32-,36-,46+,49+/m0/s1. The Bertz CT molecular complexity index is 2100. The minimum atomic E-state index is -1.07. The van der Waals surface area contributed by atoms with E-state index in [-0.39, 0.29) is 30.8 Å². The summed E-state index contributed by atoms with van der Waals surface area (Å²) in [5, 5.41) is 15.8. The van der Waals surface area contributed by atoms with Crippen LogP contribution in [0.25, 0.3) is 11.6 Å². The third-order valence-electron chi connectivity index (χ3n) is 14.0. The number of esters is 2. The predicted molar refractivity (Wildman–Crippen MR) is 238 cm³/mol. The molecule has 0 aromatic carbocycles. The molecule has 1 saturated heterocycles. The smallest absolute Gasteiger partial charge is 0.316 e. The fraction of sp³-hybridized carbons (Fsp3) is 0.600. The molecule has 6 rings (SSSR count). The minimum Gasteiger partial charge on any atom is -0.468 e. The van der Waals surface area contributed by atoms with Crippen molar-refractivity contribution in [3.63, 3.8) is 0 Å². The lowest BCUT2D eigenvalue weighted by atomic mass is 9.84. The summed E-state index contributed by atoms with van der Waals surface area (Å²) in [6, 6.07) is 0. The van der Waals surface area contributed by atoms with Crippen molar-refractivity contribution in [3.8, 4) is 0 Å². The second-order valence-corrected chi connectivity index (χ2v) is 18.4. The van der Waals surface area contributed by atoms with Gasteiger partial charge in [0, 0.05) is 82.1 Å². The Morgan fingerprint density at radius 1 is 0.881 bits per heavy atom. The van der Waals surface area contributed by atoms with Crippen LogP contribution in [-0.4, -0.2) is 45.7 Å². The molecule has 1 aliphatic carbocycles. The largest absolute Gasteiger partial charge is 0.468 e. The number of aliphatic hydroxyl groups excluding tert-OH is 1. The summed E-state index contributed by atoms with van der Waals surface area (Å²) >= 11 is 0. The zero-order chi connectivity index (χ0) is 42.7. The molecule has 3 aromatic heterocycles. The molecule has 5 N–H and O–H groups in total. The molecule has 9 nitrogen and oxygen atoms in total. The molecular formula is C50H72N4O5. The molecule has 5 atom stereocenters. The van der Waals surface area contributed by atoms with E-state index < -0.39 is 18.0 Å². The molecule has 0 unspecified atom stereocenters. The number of aromatic nitrogens is 3. The summed E-state index contributed by atoms with van der Waals surface area (Å²) in [5.41, 5.74) is 17.1. The van der Waals surface area contributed by atoms with Gasteiger partial charge in [-0.25, -0.2) is 0 Å². The van der Waals surface area contributed by atoms with E-state index in [4.69, 9.17) is 9.47 Å². The average Bonchev–Trinajstić information content (AvgIpc) is 3.94. The number of aromatic amines is 3. The van der Waals surface area contributed by atoms with Crippen LogP contribution in [0.1, 0.15) is 173 Å². The van der Waals surface area contributed by atoms with Gasteiger partial charge < -0.3 is 34.8 Å². The van der Waals surface area contributed by atoms with Crippen molar-refractivity contribution in [2.75, 3.05) is 13.7 Å². The number of aliphatic hydroxyl groups is 1. The molecule has 2 aliphatic heterocycles. The number of rotatable bonds is 16. The number of hydrogen-bond donors (Lipinski definition) is 5. The van der Waals surface area contributed by atoms with Crippen LogP contribution in [-0.2, 0) is 44.7 Å². The summed E-state index contributed by atoms with van der Waals surface area (Å²) in [7, 11) is 1.38. The first-order valence-corrected chi connectivity index (χ1v) is 22.6. The Morgan fingerprint density at radius 3 is 2.22 bits per heavy atom. The molecule has 322 valence electrons. The summed E-state index contributed by atoms with van der Waals surface area (Å²) in [6.45, 7) is 22.4. The van der Waals surface area contributed by atoms with Gasteiger partial charge in [-0.1, -0.05) is 72.8 Å². The first kappa shape index (κ1) is 44.3. The topological polar surface area (TPSA) is 132 Å². The lowest BCUT2D eigenvalue weighted by Gasteiger charge is -2.21. The number of H-pyrrole nitrogens is 3. The lowest BCUT2D eigenvalue weighted by Crippen LogP contribution is -2.24. The van der Waals surface area contributed by atoms with E-state index in [0.717, 1.165) is 89.1 Å². The maximum absolute atomic E-state index is 13.7. The van der Waals surface area contributed by atoms with Gasteiger partial charge in [0.25, 0.3) is 0 Å². The van der Waals surface area contributed by atoms with Crippen LogP contribution in [0, 0.1) is 50.4 Å². The number of methoxy groups -OCH3 is 1. The van der Waals surface area contributed by atoms with E-state index in [1.165, 1.54) is 77.7 Å². The second kappa shape index (κ2) is 19.0. The highest BCUT2D eigenvalue weighted by molar-refractivity contribution is 5.94. The normalized spacial score (nSPS) is 22.7. The van der Waals surface area contributed by atoms with Crippen molar-refractivity contribution in [1.82, 2.24) is 20.3 Å². The van der Waals surface area contributed by atoms with E-state index in [1.807, 2.05) is 6.92 Å². The number of nitrogens with one attached hydrogen (secondary N) is 4. The summed E-state index contributed by atoms with van der Waals surface area (Å²) in [5.74, 6) is -0.280.